The molecule has 1 aromatic heterocycles. The summed E-state index contributed by atoms with van der Waals surface area (Å²) in [5.41, 5.74) is 2.22. The van der Waals surface area contributed by atoms with E-state index in [9.17, 15) is 0 Å². The lowest BCUT2D eigenvalue weighted by atomic mass is 10.0. The highest BCUT2D eigenvalue weighted by Crippen LogP contribution is 2.18. The largest absolute Gasteiger partial charge is 0.489 e. The van der Waals surface area contributed by atoms with E-state index in [0.29, 0.717) is 18.2 Å². The number of para-hydroxylation sites is 1. The van der Waals surface area contributed by atoms with Crippen LogP contribution in [0.5, 0.6) is 5.75 Å². The summed E-state index contributed by atoms with van der Waals surface area (Å²) in [6.45, 7) is 0.386. The number of rotatable bonds is 6. The number of benzene rings is 2. The van der Waals surface area contributed by atoms with Crippen LogP contribution in [0.25, 0.3) is 0 Å². The van der Waals surface area contributed by atoms with Crippen molar-refractivity contribution in [3.63, 3.8) is 0 Å². The van der Waals surface area contributed by atoms with E-state index in [4.69, 9.17) is 14.0 Å². The summed E-state index contributed by atoms with van der Waals surface area (Å²) < 4.78 is 11.1. The minimum atomic E-state index is 0.291. The summed E-state index contributed by atoms with van der Waals surface area (Å²) in [6, 6.07) is 17.3. The summed E-state index contributed by atoms with van der Waals surface area (Å²) >= 11 is 0. The van der Waals surface area contributed by atoms with Crippen LogP contribution in [-0.4, -0.2) is 23.0 Å². The van der Waals surface area contributed by atoms with Crippen LogP contribution < -0.4 is 4.74 Å². The first-order valence-electron chi connectivity index (χ1n) is 7.02. The van der Waals surface area contributed by atoms with E-state index in [1.165, 1.54) is 13.5 Å². The lowest BCUT2D eigenvalue weighted by molar-refractivity contribution is 0.213. The molecule has 0 aliphatic rings. The van der Waals surface area contributed by atoms with Gasteiger partial charge in [0.2, 0.25) is 6.39 Å². The first-order valence-corrected chi connectivity index (χ1v) is 7.02. The van der Waals surface area contributed by atoms with Crippen LogP contribution in [0.2, 0.25) is 0 Å². The zero-order valence-corrected chi connectivity index (χ0v) is 12.5. The second-order valence-electron chi connectivity index (χ2n) is 4.63. The summed E-state index contributed by atoms with van der Waals surface area (Å²) in [7, 11) is 1.47. The van der Waals surface area contributed by atoms with Crippen LogP contribution in [0, 0.1) is 0 Å². The quantitative estimate of drug-likeness (QED) is 0.517. The molecule has 3 aromatic rings. The molecule has 6 heteroatoms. The number of hydrogen-bond donors (Lipinski definition) is 0. The van der Waals surface area contributed by atoms with Gasteiger partial charge in [-0.2, -0.15) is 0 Å². The molecule has 1 heterocycles. The van der Waals surface area contributed by atoms with Crippen LogP contribution in [0.15, 0.2) is 70.6 Å². The highest BCUT2D eigenvalue weighted by atomic mass is 16.6. The highest BCUT2D eigenvalue weighted by molar-refractivity contribution is 6.10. The molecule has 0 spiro atoms. The standard InChI is InChI=1S/C17H15N3O3/c1-21-20-16(17-19-18-12-23-17)15-10-6-5-7-13(15)11-22-14-8-3-2-4-9-14/h2-10,12H,11H2,1H3/b20-16-. The van der Waals surface area contributed by atoms with Crippen LogP contribution >= 0.6 is 0 Å². The van der Waals surface area contributed by atoms with E-state index in [1.54, 1.807) is 0 Å². The Morgan fingerprint density at radius 1 is 1.09 bits per heavy atom. The van der Waals surface area contributed by atoms with Crippen LogP contribution in [0.4, 0.5) is 0 Å². The highest BCUT2D eigenvalue weighted by Gasteiger charge is 2.17. The Morgan fingerprint density at radius 2 is 1.87 bits per heavy atom. The van der Waals surface area contributed by atoms with Gasteiger partial charge in [-0.05, 0) is 17.7 Å². The van der Waals surface area contributed by atoms with Crippen molar-refractivity contribution in [2.75, 3.05) is 7.11 Å². The van der Waals surface area contributed by atoms with E-state index in [1.807, 2.05) is 54.6 Å². The van der Waals surface area contributed by atoms with Crippen molar-refractivity contribution in [2.45, 2.75) is 6.61 Å². The van der Waals surface area contributed by atoms with E-state index in [0.717, 1.165) is 16.9 Å². The zero-order valence-electron chi connectivity index (χ0n) is 12.5. The van der Waals surface area contributed by atoms with E-state index < -0.39 is 0 Å². The fraction of sp³-hybridized carbons (Fsp3) is 0.118. The van der Waals surface area contributed by atoms with Crippen molar-refractivity contribution >= 4 is 5.71 Å². The Balaban J connectivity index is 1.89. The van der Waals surface area contributed by atoms with Gasteiger partial charge in [-0.1, -0.05) is 47.6 Å². The van der Waals surface area contributed by atoms with Crippen molar-refractivity contribution in [2.24, 2.45) is 5.16 Å². The maximum atomic E-state index is 5.82. The molecule has 3 rings (SSSR count). The molecule has 0 atom stereocenters. The SMILES string of the molecule is CO/N=C(\c1nnco1)c1ccccc1COc1ccccc1. The van der Waals surface area contributed by atoms with Gasteiger partial charge in [0, 0.05) is 5.56 Å². The van der Waals surface area contributed by atoms with Crippen molar-refractivity contribution in [1.29, 1.82) is 0 Å². The second kappa shape index (κ2) is 7.22. The fourth-order valence-electron chi connectivity index (χ4n) is 2.13. The van der Waals surface area contributed by atoms with Gasteiger partial charge < -0.3 is 14.0 Å². The Kier molecular flexibility index (Phi) is 4.63. The van der Waals surface area contributed by atoms with Crippen molar-refractivity contribution in [1.82, 2.24) is 10.2 Å². The van der Waals surface area contributed by atoms with Gasteiger partial charge in [0.05, 0.1) is 0 Å². The Bertz CT molecular complexity index is 771. The smallest absolute Gasteiger partial charge is 0.270 e. The molecule has 0 aliphatic heterocycles. The molecule has 0 aliphatic carbocycles. The van der Waals surface area contributed by atoms with Gasteiger partial charge in [0.25, 0.3) is 5.89 Å². The summed E-state index contributed by atoms with van der Waals surface area (Å²) in [5, 5.41) is 11.6. The van der Waals surface area contributed by atoms with Crippen molar-refractivity contribution in [3.8, 4) is 5.75 Å². The third-order valence-corrected chi connectivity index (χ3v) is 3.16. The number of aromatic nitrogens is 2. The van der Waals surface area contributed by atoms with E-state index >= 15 is 0 Å². The Labute approximate surface area is 133 Å². The molecule has 0 fully saturated rings. The second-order valence-corrected chi connectivity index (χ2v) is 4.63. The fourth-order valence-corrected chi connectivity index (χ4v) is 2.13. The minimum absolute atomic E-state index is 0.291. The van der Waals surface area contributed by atoms with Gasteiger partial charge >= 0.3 is 0 Å². The van der Waals surface area contributed by atoms with Crippen LogP contribution in [-0.2, 0) is 11.4 Å². The number of nitrogens with zero attached hydrogens (tertiary/aromatic N) is 3. The van der Waals surface area contributed by atoms with Crippen molar-refractivity contribution < 1.29 is 14.0 Å². The normalized spacial score (nSPS) is 11.3. The topological polar surface area (TPSA) is 69.7 Å². The van der Waals surface area contributed by atoms with Crippen LogP contribution in [0.1, 0.15) is 17.0 Å². The van der Waals surface area contributed by atoms with Gasteiger partial charge in [-0.15, -0.1) is 10.2 Å². The molecule has 6 nitrogen and oxygen atoms in total. The van der Waals surface area contributed by atoms with Gasteiger partial charge in [-0.25, -0.2) is 0 Å². The lowest BCUT2D eigenvalue weighted by Crippen LogP contribution is -2.10. The molecule has 0 saturated carbocycles. The van der Waals surface area contributed by atoms with E-state index in [2.05, 4.69) is 15.4 Å². The predicted octanol–water partition coefficient (Wildman–Crippen LogP) is 3.05. The Morgan fingerprint density at radius 3 is 2.61 bits per heavy atom. The summed E-state index contributed by atoms with van der Waals surface area (Å²) in [4.78, 5) is 4.92. The first kappa shape index (κ1) is 14.8. The maximum Gasteiger partial charge on any atom is 0.270 e. The molecule has 0 radical (unpaired) electrons. The lowest BCUT2D eigenvalue weighted by Gasteiger charge is -2.11. The molecule has 116 valence electrons. The summed E-state index contributed by atoms with van der Waals surface area (Å²) in [5.74, 6) is 1.09. The molecule has 0 bridgehead atoms. The summed E-state index contributed by atoms with van der Waals surface area (Å²) in [6.07, 6.45) is 1.25. The average Bonchev–Trinajstić information content (AvgIpc) is 3.13. The molecule has 0 saturated heterocycles. The third-order valence-electron chi connectivity index (χ3n) is 3.16. The Hall–Kier alpha value is -3.15. The van der Waals surface area contributed by atoms with Crippen LogP contribution in [0.3, 0.4) is 0 Å². The molecular weight excluding hydrogens is 294 g/mol. The third kappa shape index (κ3) is 3.55. The van der Waals surface area contributed by atoms with Gasteiger partial charge in [0.1, 0.15) is 19.5 Å². The molecule has 2 aromatic carbocycles. The average molecular weight is 309 g/mol. The predicted molar refractivity (Wildman–Crippen MR) is 84.2 cm³/mol. The monoisotopic (exact) mass is 309 g/mol. The number of oxime groups is 1. The minimum Gasteiger partial charge on any atom is -0.489 e. The van der Waals surface area contributed by atoms with Crippen molar-refractivity contribution in [3.05, 3.63) is 78.0 Å². The zero-order chi connectivity index (χ0) is 15.9. The number of ether oxygens (including phenoxy) is 1. The molecule has 0 N–H and O–H groups in total. The molecule has 0 unspecified atom stereocenters. The van der Waals surface area contributed by atoms with Gasteiger partial charge in [0.15, 0.2) is 5.71 Å². The first-order chi connectivity index (χ1) is 11.4. The number of hydrogen-bond acceptors (Lipinski definition) is 6. The van der Waals surface area contributed by atoms with E-state index in [-0.39, 0.29) is 0 Å². The maximum absolute atomic E-state index is 5.82. The molecule has 0 amide bonds. The molecular formula is C17H15N3O3. The molecule has 23 heavy (non-hydrogen) atoms. The van der Waals surface area contributed by atoms with Gasteiger partial charge in [-0.3, -0.25) is 0 Å².